The van der Waals surface area contributed by atoms with Crippen LogP contribution < -0.4 is 10.9 Å². The molecule has 1 aromatic carbocycles. The molecule has 1 amide bonds. The second-order valence-corrected chi connectivity index (χ2v) is 9.81. The lowest BCUT2D eigenvalue weighted by atomic mass is 10.1. The number of aryl methyl sites for hydroxylation is 2. The van der Waals surface area contributed by atoms with Gasteiger partial charge in [-0.05, 0) is 37.3 Å². The van der Waals surface area contributed by atoms with E-state index in [2.05, 4.69) is 12.2 Å². The monoisotopic (exact) mass is 457 g/mol. The van der Waals surface area contributed by atoms with Crippen LogP contribution in [-0.2, 0) is 29.0 Å². The highest BCUT2D eigenvalue weighted by Gasteiger charge is 2.23. The molecule has 164 valence electrons. The molecule has 1 aliphatic rings. The third-order valence-corrected chi connectivity index (χ3v) is 7.52. The zero-order valence-corrected chi connectivity index (χ0v) is 19.5. The predicted molar refractivity (Wildman–Crippen MR) is 126 cm³/mol. The topological polar surface area (TPSA) is 73.2 Å². The molecule has 8 heteroatoms. The summed E-state index contributed by atoms with van der Waals surface area (Å²) in [7, 11) is 0. The van der Waals surface area contributed by atoms with E-state index in [9.17, 15) is 9.59 Å². The molecule has 0 spiro atoms. The second kappa shape index (κ2) is 9.97. The number of thiophene rings is 1. The number of hydrogen-bond acceptors (Lipinski definition) is 6. The molecule has 0 bridgehead atoms. The predicted octanol–water partition coefficient (Wildman–Crippen LogP) is 3.92. The van der Waals surface area contributed by atoms with Gasteiger partial charge in [-0.2, -0.15) is 0 Å². The van der Waals surface area contributed by atoms with E-state index in [4.69, 9.17) is 9.72 Å². The zero-order valence-electron chi connectivity index (χ0n) is 17.8. The highest BCUT2D eigenvalue weighted by molar-refractivity contribution is 7.99. The Morgan fingerprint density at radius 2 is 2.16 bits per heavy atom. The summed E-state index contributed by atoms with van der Waals surface area (Å²) in [5.41, 5.74) is 2.11. The summed E-state index contributed by atoms with van der Waals surface area (Å²) in [5, 5.41) is 4.25. The molecule has 4 rings (SSSR count). The van der Waals surface area contributed by atoms with E-state index in [1.54, 1.807) is 15.9 Å². The molecular formula is C23H27N3O3S2. The highest BCUT2D eigenvalue weighted by Crippen LogP contribution is 2.30. The number of amides is 1. The average Bonchev–Trinajstić information content (AvgIpc) is 3.40. The summed E-state index contributed by atoms with van der Waals surface area (Å²) in [5.74, 6) is 0.130. The molecule has 3 aromatic rings. The molecule has 0 saturated carbocycles. The molecule has 6 nitrogen and oxygen atoms in total. The highest BCUT2D eigenvalue weighted by atomic mass is 32.2. The molecule has 3 heterocycles. The van der Waals surface area contributed by atoms with Crippen LogP contribution in [-0.4, -0.2) is 33.9 Å². The Bertz CT molecular complexity index is 1120. The van der Waals surface area contributed by atoms with Crippen LogP contribution in [0.5, 0.6) is 0 Å². The van der Waals surface area contributed by atoms with Crippen molar-refractivity contribution < 1.29 is 9.53 Å². The fourth-order valence-electron chi connectivity index (χ4n) is 3.90. The number of ether oxygens (including phenoxy) is 1. The Morgan fingerprint density at radius 3 is 2.87 bits per heavy atom. The van der Waals surface area contributed by atoms with Crippen molar-refractivity contribution in [2.75, 3.05) is 12.4 Å². The van der Waals surface area contributed by atoms with Gasteiger partial charge in [0.2, 0.25) is 5.91 Å². The maximum atomic E-state index is 13.4. The molecule has 1 saturated heterocycles. The summed E-state index contributed by atoms with van der Waals surface area (Å²) in [6.45, 7) is 5.81. The van der Waals surface area contributed by atoms with Gasteiger partial charge < -0.3 is 10.1 Å². The van der Waals surface area contributed by atoms with Gasteiger partial charge in [-0.25, -0.2) is 4.98 Å². The number of carbonyl (C=O) groups is 1. The van der Waals surface area contributed by atoms with E-state index >= 15 is 0 Å². The van der Waals surface area contributed by atoms with Crippen molar-refractivity contribution in [3.05, 3.63) is 56.7 Å². The molecule has 1 unspecified atom stereocenters. The van der Waals surface area contributed by atoms with Crippen LogP contribution in [0.2, 0.25) is 0 Å². The number of rotatable bonds is 8. The number of fused-ring (bicyclic) bond motifs is 1. The van der Waals surface area contributed by atoms with Gasteiger partial charge in [-0.3, -0.25) is 14.2 Å². The summed E-state index contributed by atoms with van der Waals surface area (Å²) in [6.07, 6.45) is 2.78. The number of benzene rings is 1. The fraction of sp³-hybridized carbons (Fsp3) is 0.435. The van der Waals surface area contributed by atoms with E-state index < -0.39 is 0 Å². The summed E-state index contributed by atoms with van der Waals surface area (Å²) < 4.78 is 7.50. The first kappa shape index (κ1) is 22.0. The van der Waals surface area contributed by atoms with Crippen LogP contribution in [0.1, 0.15) is 35.8 Å². The first-order valence-corrected chi connectivity index (χ1v) is 12.4. The van der Waals surface area contributed by atoms with Gasteiger partial charge in [-0.1, -0.05) is 49.0 Å². The van der Waals surface area contributed by atoms with E-state index in [1.165, 1.54) is 11.8 Å². The van der Waals surface area contributed by atoms with Crippen molar-refractivity contribution in [1.82, 2.24) is 14.9 Å². The second-order valence-electron chi connectivity index (χ2n) is 7.67. The number of carbonyl (C=O) groups excluding carboxylic acids is 1. The number of thioether (sulfide) groups is 1. The zero-order chi connectivity index (χ0) is 21.8. The van der Waals surface area contributed by atoms with Gasteiger partial charge in [0.15, 0.2) is 5.16 Å². The molecule has 1 aliphatic heterocycles. The molecule has 1 atom stereocenters. The van der Waals surface area contributed by atoms with E-state index in [-0.39, 0.29) is 23.3 Å². The fourth-order valence-corrected chi connectivity index (χ4v) is 5.89. The first-order chi connectivity index (χ1) is 15.1. The largest absolute Gasteiger partial charge is 0.376 e. The van der Waals surface area contributed by atoms with Crippen molar-refractivity contribution in [1.29, 1.82) is 0 Å². The molecular weight excluding hydrogens is 430 g/mol. The normalized spacial score (nSPS) is 16.1. The number of nitrogens with one attached hydrogen (secondary N) is 1. The molecule has 0 aliphatic carbocycles. The van der Waals surface area contributed by atoms with Crippen molar-refractivity contribution >= 4 is 39.2 Å². The number of aromatic nitrogens is 2. The standard InChI is InChI=1S/C23H27N3O3S2/c1-3-18-15(2)31-21-20(18)22(28)26(13-17-10-7-11-29-17)23(25-21)30-14-19(27)24-12-16-8-5-4-6-9-16/h4-6,8-9,17H,3,7,10-14H2,1-2H3,(H,24,27). The van der Waals surface area contributed by atoms with Gasteiger partial charge in [0.05, 0.1) is 23.8 Å². The van der Waals surface area contributed by atoms with Crippen molar-refractivity contribution in [3.8, 4) is 0 Å². The maximum Gasteiger partial charge on any atom is 0.263 e. The summed E-state index contributed by atoms with van der Waals surface area (Å²) >= 11 is 2.87. The van der Waals surface area contributed by atoms with Gasteiger partial charge in [0.1, 0.15) is 4.83 Å². The lowest BCUT2D eigenvalue weighted by Crippen LogP contribution is -2.30. The van der Waals surface area contributed by atoms with Crippen LogP contribution in [0.25, 0.3) is 10.2 Å². The van der Waals surface area contributed by atoms with E-state index in [1.807, 2.05) is 37.3 Å². The van der Waals surface area contributed by atoms with Crippen LogP contribution >= 0.6 is 23.1 Å². The molecule has 31 heavy (non-hydrogen) atoms. The van der Waals surface area contributed by atoms with Crippen molar-refractivity contribution in [2.24, 2.45) is 0 Å². The Balaban J connectivity index is 1.56. The minimum absolute atomic E-state index is 0.0195. The molecule has 2 aromatic heterocycles. The maximum absolute atomic E-state index is 13.4. The number of nitrogens with zero attached hydrogens (tertiary/aromatic N) is 2. The van der Waals surface area contributed by atoms with Gasteiger partial charge in [-0.15, -0.1) is 11.3 Å². The summed E-state index contributed by atoms with van der Waals surface area (Å²) in [6, 6.07) is 9.81. The lowest BCUT2D eigenvalue weighted by molar-refractivity contribution is -0.118. The number of hydrogen-bond donors (Lipinski definition) is 1. The lowest BCUT2D eigenvalue weighted by Gasteiger charge is -2.16. The van der Waals surface area contributed by atoms with Crippen LogP contribution in [0.4, 0.5) is 0 Å². The smallest absolute Gasteiger partial charge is 0.263 e. The van der Waals surface area contributed by atoms with Crippen LogP contribution in [0.3, 0.4) is 0 Å². The van der Waals surface area contributed by atoms with Crippen molar-refractivity contribution in [3.63, 3.8) is 0 Å². The van der Waals surface area contributed by atoms with Crippen LogP contribution in [0, 0.1) is 6.92 Å². The third-order valence-electron chi connectivity index (χ3n) is 5.51. The molecule has 0 radical (unpaired) electrons. The van der Waals surface area contributed by atoms with E-state index in [0.29, 0.717) is 18.2 Å². The quantitative estimate of drug-likeness (QED) is 0.410. The van der Waals surface area contributed by atoms with E-state index in [0.717, 1.165) is 52.1 Å². The molecule has 1 N–H and O–H groups in total. The van der Waals surface area contributed by atoms with Gasteiger partial charge in [0, 0.05) is 18.0 Å². The van der Waals surface area contributed by atoms with Crippen LogP contribution in [0.15, 0.2) is 40.3 Å². The molecule has 1 fully saturated rings. The van der Waals surface area contributed by atoms with Gasteiger partial charge >= 0.3 is 0 Å². The third kappa shape index (κ3) is 5.02. The Labute approximate surface area is 190 Å². The minimum Gasteiger partial charge on any atom is -0.376 e. The Kier molecular flexibility index (Phi) is 7.09. The Hall–Kier alpha value is -2.16. The average molecular weight is 458 g/mol. The van der Waals surface area contributed by atoms with Crippen molar-refractivity contribution in [2.45, 2.75) is 57.5 Å². The Morgan fingerprint density at radius 1 is 1.35 bits per heavy atom. The summed E-state index contributed by atoms with van der Waals surface area (Å²) in [4.78, 5) is 32.6. The SMILES string of the molecule is CCc1c(C)sc2nc(SCC(=O)NCc3ccccc3)n(CC3CCCO3)c(=O)c12. The van der Waals surface area contributed by atoms with Gasteiger partial charge in [0.25, 0.3) is 5.56 Å². The minimum atomic E-state index is -0.0801. The first-order valence-electron chi connectivity index (χ1n) is 10.6.